The number of amides is 3. The van der Waals surface area contributed by atoms with E-state index in [0.717, 1.165) is 35.3 Å². The molecule has 2 aromatic carbocycles. The lowest BCUT2D eigenvalue weighted by Gasteiger charge is -2.25. The molecule has 0 saturated heterocycles. The number of hydrogen-bond donors (Lipinski definition) is 5. The molecule has 0 aromatic heterocycles. The van der Waals surface area contributed by atoms with Gasteiger partial charge in [-0.25, -0.2) is 0 Å². The van der Waals surface area contributed by atoms with Gasteiger partial charge in [0.1, 0.15) is 18.4 Å². The zero-order valence-electron chi connectivity index (χ0n) is 24.6. The van der Waals surface area contributed by atoms with Gasteiger partial charge < -0.3 is 36.8 Å². The summed E-state index contributed by atoms with van der Waals surface area (Å²) in [5.74, 6) is -2.12. The van der Waals surface area contributed by atoms with Crippen LogP contribution in [0, 0.1) is 0 Å². The third kappa shape index (κ3) is 8.92. The Morgan fingerprint density at radius 1 is 1.09 bits per heavy atom. The fraction of sp³-hybridized carbons (Fsp3) is 0.464. The number of hydroxylamine groups is 1. The summed E-state index contributed by atoms with van der Waals surface area (Å²) in [4.78, 5) is 40.4. The fourth-order valence-corrected chi connectivity index (χ4v) is 4.64. The Balaban J connectivity index is 1.74. The molecule has 0 unspecified atom stereocenters. The summed E-state index contributed by atoms with van der Waals surface area (Å²) in [6, 6.07) is 5.82. The number of carbonyl (C=O) groups is 3. The molecule has 3 rings (SSSR count). The maximum atomic E-state index is 13.4. The number of nitrogens with one attached hydrogen (secondary N) is 1. The maximum absolute atomic E-state index is 13.4. The van der Waals surface area contributed by atoms with Crippen molar-refractivity contribution in [2.24, 2.45) is 17.2 Å². The predicted molar refractivity (Wildman–Crippen MR) is 157 cm³/mol. The fourth-order valence-electron chi connectivity index (χ4n) is 4.64. The molecular weight excluding hydrogens is 584 g/mol. The lowest BCUT2D eigenvalue weighted by molar-refractivity contribution is -0.137. The highest BCUT2D eigenvalue weighted by Crippen LogP contribution is 2.31. The first-order valence-electron chi connectivity index (χ1n) is 14.0. The van der Waals surface area contributed by atoms with E-state index >= 15 is 0 Å². The lowest BCUT2D eigenvalue weighted by Crippen LogP contribution is -2.54. The minimum atomic E-state index is -4.55. The standard InChI is InChI=1S/C28H38BF3N6O6/c1-27(2)20-8-5-18(15-21(20)29-44-27)38(42)26(41)23(16-43-19-6-3-17(4-7-19)28(30,31)32)36-25(40)22(35)9-10-24(39)37(13-11-33)14-12-34/h3-8,15,22-23,29,42H,9-14,16,33-35H2,1-2H3,(H,36,40)/t22-,23+/m0/s1. The number of rotatable bonds is 14. The lowest BCUT2D eigenvalue weighted by atomic mass is 9.84. The SMILES string of the molecule is CC1(C)OBc2cc(N(O)C(=O)[C@@H](COc3ccc(C(F)(F)F)cc3)NC(=O)[C@@H](N)CCC(=O)N(CCN)CCN)ccc21. The number of carbonyl (C=O) groups excluding carboxylic acids is 3. The molecule has 3 amide bonds. The van der Waals surface area contributed by atoms with E-state index in [4.69, 9.17) is 26.6 Å². The summed E-state index contributed by atoms with van der Waals surface area (Å²) < 4.78 is 50.1. The first-order chi connectivity index (χ1) is 20.7. The molecule has 8 N–H and O–H groups in total. The van der Waals surface area contributed by atoms with Crippen molar-refractivity contribution in [2.75, 3.05) is 37.8 Å². The molecule has 0 saturated carbocycles. The molecule has 0 bridgehead atoms. The highest BCUT2D eigenvalue weighted by atomic mass is 19.4. The average molecular weight is 622 g/mol. The minimum Gasteiger partial charge on any atom is -0.491 e. The van der Waals surface area contributed by atoms with E-state index in [1.54, 1.807) is 12.1 Å². The summed E-state index contributed by atoms with van der Waals surface area (Å²) >= 11 is 0. The van der Waals surface area contributed by atoms with Crippen LogP contribution in [0.5, 0.6) is 5.75 Å². The van der Waals surface area contributed by atoms with Crippen LogP contribution in [-0.4, -0.2) is 80.2 Å². The van der Waals surface area contributed by atoms with Crippen molar-refractivity contribution >= 4 is 36.4 Å². The molecule has 0 radical (unpaired) electrons. The highest BCUT2D eigenvalue weighted by molar-refractivity contribution is 6.49. The number of fused-ring (bicyclic) bond motifs is 1. The minimum absolute atomic E-state index is 0.0127. The van der Waals surface area contributed by atoms with Crippen molar-refractivity contribution in [2.45, 2.75) is 50.6 Å². The van der Waals surface area contributed by atoms with E-state index in [-0.39, 0.29) is 63.8 Å². The van der Waals surface area contributed by atoms with Gasteiger partial charge in [-0.3, -0.25) is 19.6 Å². The van der Waals surface area contributed by atoms with E-state index < -0.39 is 47.8 Å². The molecular formula is C28H38BF3N6O6. The molecule has 0 spiro atoms. The zero-order chi connectivity index (χ0) is 32.7. The third-order valence-electron chi connectivity index (χ3n) is 7.15. The summed E-state index contributed by atoms with van der Waals surface area (Å²) in [6.45, 7) is 4.24. The van der Waals surface area contributed by atoms with Crippen LogP contribution in [0.3, 0.4) is 0 Å². The van der Waals surface area contributed by atoms with E-state index in [1.807, 2.05) is 13.8 Å². The van der Waals surface area contributed by atoms with E-state index in [2.05, 4.69) is 5.32 Å². The number of alkyl halides is 3. The monoisotopic (exact) mass is 622 g/mol. The van der Waals surface area contributed by atoms with Crippen molar-refractivity contribution in [3.63, 3.8) is 0 Å². The first kappa shape index (κ1) is 34.8. The van der Waals surface area contributed by atoms with Gasteiger partial charge in [-0.2, -0.15) is 18.2 Å². The van der Waals surface area contributed by atoms with Crippen LogP contribution >= 0.6 is 0 Å². The normalized spacial score (nSPS) is 15.0. The highest BCUT2D eigenvalue weighted by Gasteiger charge is 2.34. The van der Waals surface area contributed by atoms with Gasteiger partial charge in [0.15, 0.2) is 0 Å². The predicted octanol–water partition coefficient (Wildman–Crippen LogP) is 0.0870. The first-order valence-corrected chi connectivity index (χ1v) is 14.0. The Bertz CT molecular complexity index is 1310. The van der Waals surface area contributed by atoms with E-state index in [9.17, 15) is 32.8 Å². The van der Waals surface area contributed by atoms with Crippen LogP contribution in [0.4, 0.5) is 18.9 Å². The van der Waals surface area contributed by atoms with E-state index in [0.29, 0.717) is 5.06 Å². The number of nitrogens with zero attached hydrogens (tertiary/aromatic N) is 2. The van der Waals surface area contributed by atoms with Crippen LogP contribution in [0.25, 0.3) is 0 Å². The van der Waals surface area contributed by atoms with Gasteiger partial charge in [0, 0.05) is 32.6 Å². The van der Waals surface area contributed by atoms with Crippen molar-refractivity contribution in [1.29, 1.82) is 0 Å². The number of ether oxygens (including phenoxy) is 1. The average Bonchev–Trinajstić information content (AvgIpc) is 3.29. The second-order valence-electron chi connectivity index (χ2n) is 10.8. The van der Waals surface area contributed by atoms with Crippen molar-refractivity contribution in [1.82, 2.24) is 10.2 Å². The molecule has 2 aromatic rings. The molecule has 1 aliphatic rings. The molecule has 1 aliphatic heterocycles. The van der Waals surface area contributed by atoms with Gasteiger partial charge in [-0.05, 0) is 67.7 Å². The second-order valence-corrected chi connectivity index (χ2v) is 10.8. The van der Waals surface area contributed by atoms with Gasteiger partial charge in [0.25, 0.3) is 5.91 Å². The quantitative estimate of drug-likeness (QED) is 0.111. The van der Waals surface area contributed by atoms with Crippen molar-refractivity contribution < 1.29 is 42.2 Å². The van der Waals surface area contributed by atoms with Crippen LogP contribution in [0.2, 0.25) is 0 Å². The zero-order valence-corrected chi connectivity index (χ0v) is 24.6. The molecule has 2 atom stereocenters. The smallest absolute Gasteiger partial charge is 0.416 e. The van der Waals surface area contributed by atoms with Gasteiger partial charge >= 0.3 is 13.7 Å². The van der Waals surface area contributed by atoms with Gasteiger partial charge in [0.2, 0.25) is 11.8 Å². The molecule has 240 valence electrons. The Labute approximate surface area is 253 Å². The second kappa shape index (κ2) is 14.9. The van der Waals surface area contributed by atoms with Gasteiger partial charge in [-0.1, -0.05) is 6.07 Å². The van der Waals surface area contributed by atoms with Crippen LogP contribution in [0.15, 0.2) is 42.5 Å². The number of hydrogen-bond acceptors (Lipinski definition) is 9. The molecule has 0 fully saturated rings. The Hall–Kier alpha value is -3.70. The largest absolute Gasteiger partial charge is 0.491 e. The molecule has 0 aliphatic carbocycles. The maximum Gasteiger partial charge on any atom is 0.416 e. The summed E-state index contributed by atoms with van der Waals surface area (Å²) in [5, 5.41) is 13.6. The van der Waals surface area contributed by atoms with Gasteiger partial charge in [0.05, 0.1) is 22.9 Å². The van der Waals surface area contributed by atoms with Crippen LogP contribution in [0.1, 0.15) is 37.8 Å². The summed E-state index contributed by atoms with van der Waals surface area (Å²) in [6.07, 6.45) is -4.71. The number of benzene rings is 2. The number of anilines is 1. The number of nitrogens with two attached hydrogens (primary N) is 3. The molecule has 16 heteroatoms. The Morgan fingerprint density at radius 3 is 2.32 bits per heavy atom. The summed E-state index contributed by atoms with van der Waals surface area (Å²) in [7, 11) is 0.261. The van der Waals surface area contributed by atoms with Crippen molar-refractivity contribution in [3.8, 4) is 5.75 Å². The molecule has 44 heavy (non-hydrogen) atoms. The third-order valence-corrected chi connectivity index (χ3v) is 7.15. The van der Waals surface area contributed by atoms with Crippen molar-refractivity contribution in [3.05, 3.63) is 53.6 Å². The van der Waals surface area contributed by atoms with Gasteiger partial charge in [-0.15, -0.1) is 0 Å². The Morgan fingerprint density at radius 2 is 1.73 bits per heavy atom. The molecule has 12 nitrogen and oxygen atoms in total. The van der Waals surface area contributed by atoms with Crippen LogP contribution in [-0.2, 0) is 30.8 Å². The van der Waals surface area contributed by atoms with Crippen LogP contribution < -0.4 is 37.8 Å². The Kier molecular flexibility index (Phi) is 11.7. The topological polar surface area (TPSA) is 186 Å². The summed E-state index contributed by atoms with van der Waals surface area (Å²) in [5.41, 5.74) is 17.4. The molecule has 1 heterocycles. The van der Waals surface area contributed by atoms with E-state index in [1.165, 1.54) is 11.0 Å². The number of halogens is 3.